The number of sulfone groups is 1. The molecule has 0 saturated heterocycles. The number of benzene rings is 3. The molecule has 0 spiro atoms. The zero-order valence-electron chi connectivity index (χ0n) is 21.2. The fourth-order valence-corrected chi connectivity index (χ4v) is 3.98. The normalized spacial score (nSPS) is 11.0. The highest BCUT2D eigenvalue weighted by molar-refractivity contribution is 7.90. The molecule has 192 valence electrons. The van der Waals surface area contributed by atoms with E-state index in [4.69, 9.17) is 14.2 Å². The Balaban J connectivity index is 1.78. The molecule has 0 saturated carbocycles. The van der Waals surface area contributed by atoms with Crippen molar-refractivity contribution < 1.29 is 27.4 Å². The van der Waals surface area contributed by atoms with Gasteiger partial charge in [-0.2, -0.15) is 0 Å². The Morgan fingerprint density at radius 1 is 0.889 bits per heavy atom. The van der Waals surface area contributed by atoms with Gasteiger partial charge in [-0.15, -0.1) is 0 Å². The molecule has 0 aromatic heterocycles. The van der Waals surface area contributed by atoms with E-state index in [1.807, 2.05) is 32.0 Å². The van der Waals surface area contributed by atoms with Crippen molar-refractivity contribution in [1.82, 2.24) is 0 Å². The van der Waals surface area contributed by atoms with Gasteiger partial charge in [0.25, 0.3) is 0 Å². The molecular weight excluding hydrogens is 480 g/mol. The number of anilines is 2. The van der Waals surface area contributed by atoms with Crippen molar-refractivity contribution in [1.29, 1.82) is 0 Å². The molecule has 3 rings (SSSR count). The molecule has 0 aliphatic rings. The molecule has 0 fully saturated rings. The second-order valence-electron chi connectivity index (χ2n) is 8.59. The van der Waals surface area contributed by atoms with Crippen molar-refractivity contribution >= 4 is 27.1 Å². The molecule has 1 amide bonds. The number of hydrogen-bond donors (Lipinski definition) is 2. The Hall–Kier alpha value is -3.72. The number of carbonyl (C=O) groups is 1. The van der Waals surface area contributed by atoms with Gasteiger partial charge < -0.3 is 24.8 Å². The standard InChI is InChI=1S/C27H32N2O6S/c1-18-6-7-19(2)21(12-18)16-35-25-15-22(9-10-23(25)28-17-36(5,31)32)29-27(30)14-20-8-11-24(33-3)26(13-20)34-4/h6-13,15,28H,14,16-17H2,1-5H3,(H,29,30). The van der Waals surface area contributed by atoms with E-state index in [-0.39, 0.29) is 18.2 Å². The third-order valence-corrected chi connectivity index (χ3v) is 6.16. The quantitative estimate of drug-likeness (QED) is 0.390. The van der Waals surface area contributed by atoms with E-state index in [1.165, 1.54) is 0 Å². The Bertz CT molecular complexity index is 1340. The summed E-state index contributed by atoms with van der Waals surface area (Å²) in [7, 11) is -0.152. The highest BCUT2D eigenvalue weighted by Gasteiger charge is 2.13. The van der Waals surface area contributed by atoms with Gasteiger partial charge in [0.1, 0.15) is 18.2 Å². The van der Waals surface area contributed by atoms with Crippen LogP contribution in [-0.4, -0.2) is 40.7 Å². The largest absolute Gasteiger partial charge is 0.493 e. The van der Waals surface area contributed by atoms with Gasteiger partial charge in [0.2, 0.25) is 5.91 Å². The lowest BCUT2D eigenvalue weighted by molar-refractivity contribution is -0.115. The van der Waals surface area contributed by atoms with Crippen molar-refractivity contribution in [2.45, 2.75) is 26.9 Å². The number of ether oxygens (including phenoxy) is 3. The molecule has 9 heteroatoms. The van der Waals surface area contributed by atoms with E-state index >= 15 is 0 Å². The number of aryl methyl sites for hydroxylation is 2. The van der Waals surface area contributed by atoms with Crippen LogP contribution in [0.4, 0.5) is 11.4 Å². The maximum atomic E-state index is 12.7. The highest BCUT2D eigenvalue weighted by Crippen LogP contribution is 2.31. The van der Waals surface area contributed by atoms with Crippen molar-refractivity contribution in [3.05, 3.63) is 76.9 Å². The predicted octanol–water partition coefficient (Wildman–Crippen LogP) is 4.49. The monoisotopic (exact) mass is 512 g/mol. The van der Waals surface area contributed by atoms with Crippen LogP contribution in [-0.2, 0) is 27.7 Å². The van der Waals surface area contributed by atoms with Crippen LogP contribution < -0.4 is 24.8 Å². The molecule has 2 N–H and O–H groups in total. The minimum atomic E-state index is -3.25. The molecule has 3 aromatic rings. The van der Waals surface area contributed by atoms with Crippen LogP contribution in [0.3, 0.4) is 0 Å². The summed E-state index contributed by atoms with van der Waals surface area (Å²) in [5, 5.41) is 5.79. The molecular formula is C27H32N2O6S. The van der Waals surface area contributed by atoms with Gasteiger partial charge >= 0.3 is 0 Å². The lowest BCUT2D eigenvalue weighted by atomic mass is 10.1. The Kier molecular flexibility index (Phi) is 8.82. The number of nitrogens with one attached hydrogen (secondary N) is 2. The van der Waals surface area contributed by atoms with E-state index in [9.17, 15) is 13.2 Å². The predicted molar refractivity (Wildman–Crippen MR) is 142 cm³/mol. The van der Waals surface area contributed by atoms with Crippen molar-refractivity contribution in [2.75, 3.05) is 37.0 Å². The topological polar surface area (TPSA) is 103 Å². The van der Waals surface area contributed by atoms with Gasteiger partial charge in [-0.05, 0) is 54.8 Å². The number of methoxy groups -OCH3 is 2. The molecule has 0 aliphatic carbocycles. The average molecular weight is 513 g/mol. The first-order valence-corrected chi connectivity index (χ1v) is 13.4. The minimum Gasteiger partial charge on any atom is -0.493 e. The molecule has 0 heterocycles. The molecule has 0 bridgehead atoms. The van der Waals surface area contributed by atoms with Crippen LogP contribution in [0.15, 0.2) is 54.6 Å². The van der Waals surface area contributed by atoms with E-state index in [0.29, 0.717) is 35.2 Å². The molecule has 3 aromatic carbocycles. The molecule has 0 radical (unpaired) electrons. The number of rotatable bonds is 11. The number of carbonyl (C=O) groups excluding carboxylic acids is 1. The zero-order valence-corrected chi connectivity index (χ0v) is 22.0. The minimum absolute atomic E-state index is 0.132. The van der Waals surface area contributed by atoms with Gasteiger partial charge in [-0.1, -0.05) is 29.8 Å². The van der Waals surface area contributed by atoms with Gasteiger partial charge in [-0.3, -0.25) is 4.79 Å². The second kappa shape index (κ2) is 11.8. The number of hydrogen-bond acceptors (Lipinski definition) is 7. The summed E-state index contributed by atoms with van der Waals surface area (Å²) < 4.78 is 40.0. The number of amides is 1. The summed E-state index contributed by atoms with van der Waals surface area (Å²) in [6, 6.07) is 16.5. The van der Waals surface area contributed by atoms with E-state index in [1.54, 1.807) is 50.6 Å². The van der Waals surface area contributed by atoms with Crippen LogP contribution in [0.25, 0.3) is 0 Å². The van der Waals surface area contributed by atoms with Crippen LogP contribution in [0.2, 0.25) is 0 Å². The maximum absolute atomic E-state index is 12.7. The summed E-state index contributed by atoms with van der Waals surface area (Å²) in [5.41, 5.74) is 5.04. The first-order valence-electron chi connectivity index (χ1n) is 11.3. The summed E-state index contributed by atoms with van der Waals surface area (Å²) in [5.74, 6) is 1.11. The summed E-state index contributed by atoms with van der Waals surface area (Å²) in [4.78, 5) is 12.7. The lowest BCUT2D eigenvalue weighted by Crippen LogP contribution is -2.16. The maximum Gasteiger partial charge on any atom is 0.228 e. The third-order valence-electron chi connectivity index (χ3n) is 5.49. The fraction of sp³-hybridized carbons (Fsp3) is 0.296. The SMILES string of the molecule is COc1ccc(CC(=O)Nc2ccc(NCS(C)(=O)=O)c(OCc3cc(C)ccc3C)c2)cc1OC. The zero-order chi connectivity index (χ0) is 26.3. The highest BCUT2D eigenvalue weighted by atomic mass is 32.2. The first kappa shape index (κ1) is 26.9. The Morgan fingerprint density at radius 3 is 2.33 bits per heavy atom. The van der Waals surface area contributed by atoms with Crippen molar-refractivity contribution in [2.24, 2.45) is 0 Å². The first-order chi connectivity index (χ1) is 17.1. The van der Waals surface area contributed by atoms with Gasteiger partial charge in [0.05, 0.1) is 26.3 Å². The van der Waals surface area contributed by atoms with E-state index in [0.717, 1.165) is 28.5 Å². The summed E-state index contributed by atoms with van der Waals surface area (Å²) in [6.45, 7) is 4.31. The smallest absolute Gasteiger partial charge is 0.228 e. The van der Waals surface area contributed by atoms with Crippen LogP contribution in [0, 0.1) is 13.8 Å². The molecule has 0 atom stereocenters. The fourth-order valence-electron chi connectivity index (χ4n) is 3.57. The molecule has 0 unspecified atom stereocenters. The Morgan fingerprint density at radius 2 is 1.64 bits per heavy atom. The van der Waals surface area contributed by atoms with Gasteiger partial charge in [0, 0.05) is 18.0 Å². The summed E-state index contributed by atoms with van der Waals surface area (Å²) >= 11 is 0. The van der Waals surface area contributed by atoms with Gasteiger partial charge in [0.15, 0.2) is 21.3 Å². The molecule has 8 nitrogen and oxygen atoms in total. The van der Waals surface area contributed by atoms with Crippen LogP contribution in [0.5, 0.6) is 17.2 Å². The van der Waals surface area contributed by atoms with Crippen molar-refractivity contribution in [3.63, 3.8) is 0 Å². The second-order valence-corrected chi connectivity index (χ2v) is 10.7. The summed E-state index contributed by atoms with van der Waals surface area (Å²) in [6.07, 6.45) is 1.28. The lowest BCUT2D eigenvalue weighted by Gasteiger charge is -2.16. The Labute approximate surface area is 212 Å². The van der Waals surface area contributed by atoms with E-state index < -0.39 is 9.84 Å². The average Bonchev–Trinajstić information content (AvgIpc) is 2.83. The van der Waals surface area contributed by atoms with Crippen LogP contribution >= 0.6 is 0 Å². The van der Waals surface area contributed by atoms with Crippen LogP contribution in [0.1, 0.15) is 22.3 Å². The van der Waals surface area contributed by atoms with Gasteiger partial charge in [-0.25, -0.2) is 8.42 Å². The third kappa shape index (κ3) is 7.64. The van der Waals surface area contributed by atoms with Crippen molar-refractivity contribution in [3.8, 4) is 17.2 Å². The van der Waals surface area contributed by atoms with E-state index in [2.05, 4.69) is 10.6 Å². The molecule has 0 aliphatic heterocycles. The molecule has 36 heavy (non-hydrogen) atoms.